The van der Waals surface area contributed by atoms with Gasteiger partial charge in [0.05, 0.1) is 11.4 Å². The molecule has 1 aromatic heterocycles. The van der Waals surface area contributed by atoms with E-state index in [-0.39, 0.29) is 24.3 Å². The molecule has 0 aliphatic carbocycles. The molecule has 1 N–H and O–H groups in total. The first-order valence-corrected chi connectivity index (χ1v) is 13.6. The Morgan fingerprint density at radius 3 is 2.30 bits per heavy atom. The number of aryl methyl sites for hydroxylation is 2. The van der Waals surface area contributed by atoms with E-state index in [2.05, 4.69) is 11.4 Å². The number of hydrogen-bond donors (Lipinski definition) is 1. The minimum absolute atomic E-state index is 0.0669. The molecule has 6 nitrogen and oxygen atoms in total. The second kappa shape index (κ2) is 11.6. The summed E-state index contributed by atoms with van der Waals surface area (Å²) < 4.78 is 1.77. The molecule has 40 heavy (non-hydrogen) atoms. The second-order valence-electron chi connectivity index (χ2n) is 10.7. The van der Waals surface area contributed by atoms with Crippen LogP contribution in [0.5, 0.6) is 0 Å². The maximum absolute atomic E-state index is 13.6. The lowest BCUT2D eigenvalue weighted by Gasteiger charge is -2.24. The highest BCUT2D eigenvalue weighted by Crippen LogP contribution is 2.27. The molecule has 1 heterocycles. The largest absolute Gasteiger partial charge is 0.329 e. The third kappa shape index (κ3) is 5.96. The fourth-order valence-corrected chi connectivity index (χ4v) is 4.97. The minimum atomic E-state index is -0.277. The molecule has 0 bridgehead atoms. The Labute approximate surface area is 235 Å². The van der Waals surface area contributed by atoms with E-state index in [0.29, 0.717) is 17.9 Å². The van der Waals surface area contributed by atoms with Crippen molar-refractivity contribution in [3.8, 4) is 16.9 Å². The van der Waals surface area contributed by atoms with Crippen LogP contribution in [0, 0.1) is 19.8 Å². The lowest BCUT2D eigenvalue weighted by atomic mass is 10.1. The van der Waals surface area contributed by atoms with Gasteiger partial charge in [-0.2, -0.15) is 5.10 Å². The van der Waals surface area contributed by atoms with Crippen LogP contribution in [0.4, 0.5) is 5.82 Å². The second-order valence-corrected chi connectivity index (χ2v) is 10.7. The van der Waals surface area contributed by atoms with Crippen LogP contribution in [0.1, 0.15) is 35.3 Å². The van der Waals surface area contributed by atoms with Gasteiger partial charge in [0.1, 0.15) is 12.4 Å². The van der Waals surface area contributed by atoms with E-state index in [9.17, 15) is 9.59 Å². The highest BCUT2D eigenvalue weighted by atomic mass is 16.2. The van der Waals surface area contributed by atoms with Crippen molar-refractivity contribution < 1.29 is 9.59 Å². The number of hydrogen-bond acceptors (Lipinski definition) is 3. The number of nitrogens with zero attached hydrogens (tertiary/aromatic N) is 3. The van der Waals surface area contributed by atoms with Crippen molar-refractivity contribution in [1.29, 1.82) is 0 Å². The Bertz CT molecular complexity index is 1670. The standard InChI is InChI=1S/C34H34N4O2/c1-23(2)21-37(34(40)29-16-15-26-10-8-9-13-28(26)19-29)22-33(39)35-32-20-30(27-11-6-5-7-12-27)36-38(32)31-17-14-24(3)18-25(31)4/h5-20,23H,21-22H2,1-4H3,(H,35,39). The zero-order valence-corrected chi connectivity index (χ0v) is 23.4. The van der Waals surface area contributed by atoms with E-state index < -0.39 is 0 Å². The summed E-state index contributed by atoms with van der Waals surface area (Å²) in [6.07, 6.45) is 0. The van der Waals surface area contributed by atoms with Crippen molar-refractivity contribution in [2.24, 2.45) is 5.92 Å². The number of benzene rings is 4. The predicted molar refractivity (Wildman–Crippen MR) is 162 cm³/mol. The van der Waals surface area contributed by atoms with Gasteiger partial charge < -0.3 is 10.2 Å². The number of carbonyl (C=O) groups is 2. The van der Waals surface area contributed by atoms with Gasteiger partial charge in [-0.15, -0.1) is 0 Å². The summed E-state index contributed by atoms with van der Waals surface area (Å²) in [7, 11) is 0. The van der Waals surface area contributed by atoms with E-state index in [1.165, 1.54) is 0 Å². The van der Waals surface area contributed by atoms with E-state index in [4.69, 9.17) is 5.10 Å². The smallest absolute Gasteiger partial charge is 0.254 e. The molecular formula is C34H34N4O2. The molecule has 0 unspecified atom stereocenters. The molecule has 202 valence electrons. The van der Waals surface area contributed by atoms with Gasteiger partial charge in [0, 0.05) is 23.7 Å². The van der Waals surface area contributed by atoms with Crippen LogP contribution in [-0.2, 0) is 4.79 Å². The molecule has 0 saturated heterocycles. The van der Waals surface area contributed by atoms with Gasteiger partial charge in [0.25, 0.3) is 5.91 Å². The normalized spacial score (nSPS) is 11.1. The number of rotatable bonds is 8. The minimum Gasteiger partial charge on any atom is -0.329 e. The number of carbonyl (C=O) groups excluding carboxylic acids is 2. The highest BCUT2D eigenvalue weighted by molar-refractivity contribution is 6.01. The van der Waals surface area contributed by atoms with Gasteiger partial charge in [-0.05, 0) is 54.3 Å². The average Bonchev–Trinajstić information content (AvgIpc) is 3.35. The zero-order valence-electron chi connectivity index (χ0n) is 23.4. The molecule has 0 fully saturated rings. The molecule has 5 aromatic rings. The quantitative estimate of drug-likeness (QED) is 0.234. The van der Waals surface area contributed by atoms with Crippen molar-refractivity contribution in [2.75, 3.05) is 18.4 Å². The first kappa shape index (κ1) is 26.9. The lowest BCUT2D eigenvalue weighted by molar-refractivity contribution is -0.117. The van der Waals surface area contributed by atoms with Crippen LogP contribution in [-0.4, -0.2) is 39.6 Å². The van der Waals surface area contributed by atoms with Gasteiger partial charge in [-0.3, -0.25) is 9.59 Å². The van der Waals surface area contributed by atoms with Gasteiger partial charge >= 0.3 is 0 Å². The molecule has 0 saturated carbocycles. The van der Waals surface area contributed by atoms with E-state index >= 15 is 0 Å². The summed E-state index contributed by atoms with van der Waals surface area (Å²) in [5, 5.41) is 9.97. The fourth-order valence-electron chi connectivity index (χ4n) is 4.97. The number of nitrogens with one attached hydrogen (secondary N) is 1. The number of anilines is 1. The third-order valence-electron chi connectivity index (χ3n) is 6.83. The van der Waals surface area contributed by atoms with Crippen LogP contribution >= 0.6 is 0 Å². The van der Waals surface area contributed by atoms with Crippen molar-refractivity contribution in [3.63, 3.8) is 0 Å². The van der Waals surface area contributed by atoms with Crippen molar-refractivity contribution in [3.05, 3.63) is 114 Å². The molecule has 4 aromatic carbocycles. The first-order chi connectivity index (χ1) is 19.3. The molecule has 0 aliphatic heterocycles. The van der Waals surface area contributed by atoms with Gasteiger partial charge in [-0.1, -0.05) is 92.2 Å². The van der Waals surface area contributed by atoms with Crippen molar-refractivity contribution >= 4 is 28.4 Å². The van der Waals surface area contributed by atoms with E-state index in [1.807, 2.05) is 119 Å². The Morgan fingerprint density at radius 1 is 0.850 bits per heavy atom. The summed E-state index contributed by atoms with van der Waals surface area (Å²) in [6, 6.07) is 31.5. The molecule has 2 amide bonds. The molecule has 0 spiro atoms. The van der Waals surface area contributed by atoms with Crippen LogP contribution in [0.2, 0.25) is 0 Å². The number of aromatic nitrogens is 2. The van der Waals surface area contributed by atoms with Gasteiger partial charge in [0.15, 0.2) is 0 Å². The Hall–Kier alpha value is -4.71. The van der Waals surface area contributed by atoms with Crippen molar-refractivity contribution in [2.45, 2.75) is 27.7 Å². The molecule has 0 aliphatic rings. The number of amides is 2. The SMILES string of the molecule is Cc1ccc(-n2nc(-c3ccccc3)cc2NC(=O)CN(CC(C)C)C(=O)c2ccc3ccccc3c2)c(C)c1. The summed E-state index contributed by atoms with van der Waals surface area (Å²) in [5.41, 5.74) is 5.36. The summed E-state index contributed by atoms with van der Waals surface area (Å²) >= 11 is 0. The summed E-state index contributed by atoms with van der Waals surface area (Å²) in [4.78, 5) is 28.7. The van der Waals surface area contributed by atoms with Gasteiger partial charge in [0.2, 0.25) is 5.91 Å². The maximum Gasteiger partial charge on any atom is 0.254 e. The Morgan fingerprint density at radius 2 is 1.57 bits per heavy atom. The number of fused-ring (bicyclic) bond motifs is 1. The van der Waals surface area contributed by atoms with Crippen LogP contribution in [0.25, 0.3) is 27.7 Å². The van der Waals surface area contributed by atoms with Crippen LogP contribution in [0.3, 0.4) is 0 Å². The zero-order chi connectivity index (χ0) is 28.2. The molecule has 0 radical (unpaired) electrons. The fraction of sp³-hybridized carbons (Fsp3) is 0.206. The molecular weight excluding hydrogens is 496 g/mol. The third-order valence-corrected chi connectivity index (χ3v) is 6.83. The van der Waals surface area contributed by atoms with E-state index in [0.717, 1.165) is 38.8 Å². The first-order valence-electron chi connectivity index (χ1n) is 13.6. The molecule has 0 atom stereocenters. The Balaban J connectivity index is 1.44. The van der Waals surface area contributed by atoms with Crippen LogP contribution < -0.4 is 5.32 Å². The average molecular weight is 531 g/mol. The maximum atomic E-state index is 13.6. The monoisotopic (exact) mass is 530 g/mol. The van der Waals surface area contributed by atoms with Crippen molar-refractivity contribution in [1.82, 2.24) is 14.7 Å². The Kier molecular flexibility index (Phi) is 7.78. The summed E-state index contributed by atoms with van der Waals surface area (Å²) in [6.45, 7) is 8.56. The van der Waals surface area contributed by atoms with Gasteiger partial charge in [-0.25, -0.2) is 4.68 Å². The summed E-state index contributed by atoms with van der Waals surface area (Å²) in [5.74, 6) is 0.309. The lowest BCUT2D eigenvalue weighted by Crippen LogP contribution is -2.40. The molecule has 6 heteroatoms. The predicted octanol–water partition coefficient (Wildman–Crippen LogP) is 7.05. The topological polar surface area (TPSA) is 67.2 Å². The molecule has 5 rings (SSSR count). The van der Waals surface area contributed by atoms with E-state index in [1.54, 1.807) is 9.58 Å². The highest BCUT2D eigenvalue weighted by Gasteiger charge is 2.22. The van der Waals surface area contributed by atoms with Crippen LogP contribution in [0.15, 0.2) is 97.1 Å².